The van der Waals surface area contributed by atoms with Gasteiger partial charge in [0.15, 0.2) is 0 Å². The molecule has 0 amide bonds. The van der Waals surface area contributed by atoms with E-state index >= 15 is 0 Å². The Morgan fingerprint density at radius 3 is 0.744 bits per heavy atom. The Labute approximate surface area is 259 Å². The molecule has 0 aliphatic heterocycles. The molecule has 0 heterocycles. The summed E-state index contributed by atoms with van der Waals surface area (Å²) < 4.78 is 2.87. The molecule has 0 radical (unpaired) electrons. The highest BCUT2D eigenvalue weighted by atomic mass is 35.5. The molecule has 0 fully saturated rings. The molecular weight excluding hydrogens is 567 g/mol. The monoisotopic (exact) mass is 635 g/mol. The van der Waals surface area contributed by atoms with E-state index in [2.05, 4.69) is 83.4 Å². The van der Waals surface area contributed by atoms with E-state index in [9.17, 15) is 0 Å². The van der Waals surface area contributed by atoms with E-state index < -0.39 is 15.7 Å². The van der Waals surface area contributed by atoms with Crippen molar-refractivity contribution in [3.8, 4) is 0 Å². The number of nitrogens with zero attached hydrogens (tertiary/aromatic N) is 1. The van der Waals surface area contributed by atoms with Crippen molar-refractivity contribution in [3.63, 3.8) is 0 Å². The summed E-state index contributed by atoms with van der Waals surface area (Å²) in [6.07, 6.45) is 16.9. The van der Waals surface area contributed by atoms with Crippen LogP contribution in [0.25, 0.3) is 0 Å². The first-order valence-electron chi connectivity index (χ1n) is 16.1. The second-order valence-corrected chi connectivity index (χ2v) is 16.0. The maximum atomic E-state index is 4.16. The van der Waals surface area contributed by atoms with Crippen molar-refractivity contribution in [2.45, 2.75) is 138 Å². The Bertz CT molecular complexity index is 406. The van der Waals surface area contributed by atoms with Gasteiger partial charge in [-0.25, -0.2) is 0 Å². The van der Waals surface area contributed by atoms with E-state index in [1.165, 1.54) is 89.9 Å². The van der Waals surface area contributed by atoms with Crippen LogP contribution < -0.4 is 55.3 Å². The first-order chi connectivity index (χ1) is 18.1. The molecule has 0 atom stereocenters. The minimum atomic E-state index is -2.05. The summed E-state index contributed by atoms with van der Waals surface area (Å²) in [6, 6.07) is 0. The molecule has 0 aliphatic carbocycles. The molecule has 240 valence electrons. The van der Waals surface area contributed by atoms with Crippen molar-refractivity contribution >= 4 is 15.7 Å². The highest BCUT2D eigenvalue weighted by Crippen LogP contribution is 2.67. The van der Waals surface area contributed by atoms with Crippen LogP contribution in [0.5, 0.6) is 0 Å². The second kappa shape index (κ2) is 30.6. The summed E-state index contributed by atoms with van der Waals surface area (Å²) in [4.78, 5) is 0. The zero-order valence-corrected chi connectivity index (χ0v) is 30.2. The lowest BCUT2D eigenvalue weighted by Crippen LogP contribution is -3.00. The van der Waals surface area contributed by atoms with Crippen LogP contribution >= 0.6 is 15.7 Å². The van der Waals surface area contributed by atoms with Crippen molar-refractivity contribution in [1.29, 1.82) is 0 Å². The molecule has 6 N–H and O–H groups in total. The van der Waals surface area contributed by atoms with Gasteiger partial charge in [-0.3, -0.25) is 0 Å². The van der Waals surface area contributed by atoms with Crippen LogP contribution in [0.4, 0.5) is 0 Å². The summed E-state index contributed by atoms with van der Waals surface area (Å²) in [5.74, 6) is 0. The van der Waals surface area contributed by atoms with Gasteiger partial charge in [-0.2, -0.15) is 0 Å². The number of hydrogen-bond acceptors (Lipinski definition) is 7. The Morgan fingerprint density at radius 1 is 0.359 bits per heavy atom. The normalized spacial score (nSPS) is 12.0. The summed E-state index contributed by atoms with van der Waals surface area (Å²) in [5.41, 5.74) is 0. The molecule has 0 rings (SSSR count). The van der Waals surface area contributed by atoms with Crippen LogP contribution in [0.15, 0.2) is 0 Å². The van der Waals surface area contributed by atoms with Crippen molar-refractivity contribution < 1.29 is 24.8 Å². The van der Waals surface area contributed by atoms with Crippen LogP contribution in [-0.2, 0) is 0 Å². The molecule has 0 aromatic heterocycles. The summed E-state index contributed by atoms with van der Waals surface area (Å²) in [6.45, 7) is 23.5. The van der Waals surface area contributed by atoms with Gasteiger partial charge < -0.3 is 24.8 Å². The van der Waals surface area contributed by atoms with E-state index in [1.807, 2.05) is 0 Å². The Balaban J connectivity index is -0.00000648. The predicted molar refractivity (Wildman–Crippen MR) is 173 cm³/mol. The molecule has 0 aliphatic rings. The highest BCUT2D eigenvalue weighted by molar-refractivity contribution is 7.82. The maximum Gasteiger partial charge on any atom is 0.339 e. The van der Waals surface area contributed by atoms with Crippen molar-refractivity contribution in [1.82, 2.24) is 35.0 Å². The Morgan fingerprint density at radius 2 is 0.564 bits per heavy atom. The van der Waals surface area contributed by atoms with Gasteiger partial charge in [0.05, 0.1) is 6.54 Å². The lowest BCUT2D eigenvalue weighted by molar-refractivity contribution is -0.001000. The third-order valence-electron chi connectivity index (χ3n) is 6.63. The van der Waals surface area contributed by atoms with E-state index in [4.69, 9.17) is 0 Å². The zero-order valence-electron chi connectivity index (χ0n) is 26.9. The molecule has 39 heavy (non-hydrogen) atoms. The average molecular weight is 637 g/mol. The number of nitrogens with one attached hydrogen (secondary N) is 6. The molecule has 0 spiro atoms. The summed E-state index contributed by atoms with van der Waals surface area (Å²) >= 11 is 0. The number of unbranched alkanes of at least 4 members (excludes halogenated alkanes) is 7. The fraction of sp³-hybridized carbons (Fsp3) is 1.00. The highest BCUT2D eigenvalue weighted by Gasteiger charge is 2.62. The first-order valence-corrected chi connectivity index (χ1v) is 19.6. The standard InChI is InChI=1S/C28H69N7P2.2ClH/c1-8-15-22-29-36(30-23-16-9-2,31-24-17-10-3)35(28-21-14-7)37(32-25-18-11-4,33-26-19-12-5)34-27-20-13-6;;/h29-34H,8-28H2,1-7H3;2*1H/q+2;;/p-2. The van der Waals surface area contributed by atoms with Gasteiger partial charge >= 0.3 is 15.7 Å². The van der Waals surface area contributed by atoms with Gasteiger partial charge in [-0.05, 0) is 44.9 Å². The molecule has 7 nitrogen and oxygen atoms in total. The SMILES string of the molecule is CCCCN[P+](NCCCC)(NCCCC)N(CCCC)[P+](NCCCC)(NCCCC)NCCCC.[Cl-].[Cl-]. The van der Waals surface area contributed by atoms with Crippen LogP contribution in [-0.4, -0.2) is 50.3 Å². The average Bonchev–Trinajstić information content (AvgIpc) is 2.89. The molecule has 0 aromatic rings. The van der Waals surface area contributed by atoms with Gasteiger partial charge in [0, 0.05) is 43.7 Å². The molecule has 0 saturated heterocycles. The maximum absolute atomic E-state index is 4.16. The third-order valence-corrected chi connectivity index (χ3v) is 14.1. The minimum Gasteiger partial charge on any atom is -1.00 e. The van der Waals surface area contributed by atoms with Gasteiger partial charge in [-0.1, -0.05) is 93.4 Å². The second-order valence-electron chi connectivity index (χ2n) is 10.3. The molecule has 11 heteroatoms. The summed E-state index contributed by atoms with van der Waals surface area (Å²) in [5, 5.41) is 25.0. The van der Waals surface area contributed by atoms with Crippen molar-refractivity contribution in [3.05, 3.63) is 0 Å². The van der Waals surface area contributed by atoms with Crippen LogP contribution in [0, 0.1) is 0 Å². The van der Waals surface area contributed by atoms with Gasteiger partial charge in [0.2, 0.25) is 0 Å². The lowest BCUT2D eigenvalue weighted by Gasteiger charge is -2.41. The molecule has 0 saturated carbocycles. The molecule has 0 bridgehead atoms. The number of rotatable bonds is 29. The van der Waals surface area contributed by atoms with E-state index in [-0.39, 0.29) is 24.8 Å². The van der Waals surface area contributed by atoms with E-state index in [0.29, 0.717) is 0 Å². The van der Waals surface area contributed by atoms with Crippen molar-refractivity contribution in [2.75, 3.05) is 45.8 Å². The fourth-order valence-electron chi connectivity index (χ4n) is 4.13. The molecular formula is C28H69Cl2N7P2. The smallest absolute Gasteiger partial charge is 0.339 e. The van der Waals surface area contributed by atoms with Gasteiger partial charge in [-0.15, -0.1) is 30.5 Å². The topological polar surface area (TPSA) is 75.4 Å². The van der Waals surface area contributed by atoms with Crippen molar-refractivity contribution in [2.24, 2.45) is 0 Å². The van der Waals surface area contributed by atoms with Gasteiger partial charge in [0.25, 0.3) is 0 Å². The third kappa shape index (κ3) is 19.1. The van der Waals surface area contributed by atoms with Gasteiger partial charge in [0.1, 0.15) is 0 Å². The summed E-state index contributed by atoms with van der Waals surface area (Å²) in [7, 11) is -4.09. The lowest BCUT2D eigenvalue weighted by atomic mass is 10.3. The molecule has 0 unspecified atom stereocenters. The van der Waals surface area contributed by atoms with Crippen LogP contribution in [0.3, 0.4) is 0 Å². The first kappa shape index (κ1) is 44.6. The predicted octanol–water partition coefficient (Wildman–Crippen LogP) is 1.79. The Hall–Kier alpha value is 1.16. The fourth-order valence-corrected chi connectivity index (χ4v) is 12.3. The van der Waals surface area contributed by atoms with Crippen LogP contribution in [0.1, 0.15) is 138 Å². The van der Waals surface area contributed by atoms with E-state index in [0.717, 1.165) is 45.8 Å². The Kier molecular flexibility index (Phi) is 35.0. The number of halogens is 2. The minimum absolute atomic E-state index is 0. The zero-order chi connectivity index (χ0) is 27.7. The number of hydrogen-bond donors (Lipinski definition) is 6. The van der Waals surface area contributed by atoms with E-state index in [1.54, 1.807) is 0 Å². The molecule has 0 aromatic carbocycles. The van der Waals surface area contributed by atoms with Crippen LogP contribution in [0.2, 0.25) is 0 Å². The quantitative estimate of drug-likeness (QED) is 0.0553. The largest absolute Gasteiger partial charge is 1.00 e.